The van der Waals surface area contributed by atoms with Gasteiger partial charge >= 0.3 is 5.97 Å². The fourth-order valence-corrected chi connectivity index (χ4v) is 1.39. The Kier molecular flexibility index (Phi) is 4.35. The molecule has 0 aromatic heterocycles. The van der Waals surface area contributed by atoms with E-state index >= 15 is 0 Å². The van der Waals surface area contributed by atoms with E-state index in [4.69, 9.17) is 10.00 Å². The van der Waals surface area contributed by atoms with Crippen LogP contribution in [-0.4, -0.2) is 18.9 Å². The van der Waals surface area contributed by atoms with Gasteiger partial charge in [-0.15, -0.1) is 0 Å². The van der Waals surface area contributed by atoms with Crippen LogP contribution in [0.1, 0.15) is 28.4 Å². The van der Waals surface area contributed by atoms with Crippen LogP contribution < -0.4 is 0 Å². The van der Waals surface area contributed by atoms with Crippen LogP contribution in [0.2, 0.25) is 0 Å². The average molecular weight is 235 g/mol. The second-order valence-electron chi connectivity index (χ2n) is 3.25. The Balaban J connectivity index is 3.12. The van der Waals surface area contributed by atoms with Gasteiger partial charge in [0.25, 0.3) is 0 Å². The minimum atomic E-state index is -0.809. The summed E-state index contributed by atoms with van der Waals surface area (Å²) < 4.78 is 18.1. The van der Waals surface area contributed by atoms with E-state index in [1.165, 1.54) is 6.07 Å². The van der Waals surface area contributed by atoms with Crippen LogP contribution >= 0.6 is 0 Å². The summed E-state index contributed by atoms with van der Waals surface area (Å²) in [5.74, 6) is -1.37. The van der Waals surface area contributed by atoms with E-state index in [-0.39, 0.29) is 29.7 Å². The number of halogens is 1. The second-order valence-corrected chi connectivity index (χ2v) is 3.25. The number of nitriles is 1. The number of benzene rings is 1. The van der Waals surface area contributed by atoms with Crippen molar-refractivity contribution in [3.63, 3.8) is 0 Å². The average Bonchev–Trinajstić information content (AvgIpc) is 2.28. The molecular formula is C12H10FNO3. The summed E-state index contributed by atoms with van der Waals surface area (Å²) in [6.07, 6.45) is 0.230. The van der Waals surface area contributed by atoms with Crippen LogP contribution in [0.25, 0.3) is 0 Å². The van der Waals surface area contributed by atoms with E-state index in [0.29, 0.717) is 6.29 Å². The van der Waals surface area contributed by atoms with E-state index in [2.05, 4.69) is 0 Å². The first kappa shape index (κ1) is 12.8. The third-order valence-electron chi connectivity index (χ3n) is 2.08. The van der Waals surface area contributed by atoms with Gasteiger partial charge in [-0.1, -0.05) is 0 Å². The van der Waals surface area contributed by atoms with Crippen LogP contribution in [0.15, 0.2) is 12.1 Å². The number of aldehydes is 1. The SMILES string of the molecule is CCOC(=O)Cc1cc(C=O)cc(F)c1C#N. The Bertz CT molecular complexity index is 491. The summed E-state index contributed by atoms with van der Waals surface area (Å²) in [7, 11) is 0. The molecule has 4 nitrogen and oxygen atoms in total. The van der Waals surface area contributed by atoms with Gasteiger partial charge in [-0.3, -0.25) is 9.59 Å². The fourth-order valence-electron chi connectivity index (χ4n) is 1.39. The molecule has 0 amide bonds. The van der Waals surface area contributed by atoms with E-state index in [1.54, 1.807) is 13.0 Å². The molecule has 0 aliphatic carbocycles. The van der Waals surface area contributed by atoms with Gasteiger partial charge in [0.15, 0.2) is 0 Å². The molecule has 0 spiro atoms. The summed E-state index contributed by atoms with van der Waals surface area (Å²) in [4.78, 5) is 21.8. The van der Waals surface area contributed by atoms with Crippen molar-refractivity contribution >= 4 is 12.3 Å². The molecule has 1 aromatic rings. The van der Waals surface area contributed by atoms with E-state index in [9.17, 15) is 14.0 Å². The topological polar surface area (TPSA) is 67.2 Å². The Morgan fingerprint density at radius 3 is 2.82 bits per heavy atom. The number of rotatable bonds is 4. The highest BCUT2D eigenvalue weighted by atomic mass is 19.1. The largest absolute Gasteiger partial charge is 0.466 e. The maximum atomic E-state index is 13.4. The quantitative estimate of drug-likeness (QED) is 0.587. The second kappa shape index (κ2) is 5.75. The van der Waals surface area contributed by atoms with Crippen molar-refractivity contribution in [1.29, 1.82) is 5.26 Å². The number of nitrogens with zero attached hydrogens (tertiary/aromatic N) is 1. The number of esters is 1. The normalized spacial score (nSPS) is 9.47. The number of hydrogen-bond acceptors (Lipinski definition) is 4. The maximum Gasteiger partial charge on any atom is 0.310 e. The predicted molar refractivity (Wildman–Crippen MR) is 56.8 cm³/mol. The van der Waals surface area contributed by atoms with Gasteiger partial charge in [-0.25, -0.2) is 4.39 Å². The molecule has 0 atom stereocenters. The minimum Gasteiger partial charge on any atom is -0.466 e. The van der Waals surface area contributed by atoms with E-state index < -0.39 is 11.8 Å². The van der Waals surface area contributed by atoms with Crippen molar-refractivity contribution in [1.82, 2.24) is 0 Å². The zero-order valence-electron chi connectivity index (χ0n) is 9.20. The molecule has 88 valence electrons. The molecule has 0 bridgehead atoms. The van der Waals surface area contributed by atoms with Crippen LogP contribution in [0.3, 0.4) is 0 Å². The molecule has 5 heteroatoms. The highest BCUT2D eigenvalue weighted by Gasteiger charge is 2.14. The van der Waals surface area contributed by atoms with Crippen LogP contribution in [0.4, 0.5) is 4.39 Å². The summed E-state index contributed by atoms with van der Waals surface area (Å²) >= 11 is 0. The van der Waals surface area contributed by atoms with Crippen molar-refractivity contribution in [2.75, 3.05) is 6.61 Å². The maximum absolute atomic E-state index is 13.4. The Labute approximate surface area is 97.6 Å². The number of hydrogen-bond donors (Lipinski definition) is 0. The van der Waals surface area contributed by atoms with Crippen molar-refractivity contribution in [3.05, 3.63) is 34.6 Å². The third kappa shape index (κ3) is 3.11. The lowest BCUT2D eigenvalue weighted by Gasteiger charge is -2.05. The van der Waals surface area contributed by atoms with Crippen molar-refractivity contribution in [2.24, 2.45) is 0 Å². The Morgan fingerprint density at radius 2 is 2.29 bits per heavy atom. The predicted octanol–water partition coefficient (Wildman–Crippen LogP) is 1.62. The lowest BCUT2D eigenvalue weighted by molar-refractivity contribution is -0.142. The summed E-state index contributed by atoms with van der Waals surface area (Å²) in [5.41, 5.74) is 0.0116. The zero-order valence-corrected chi connectivity index (χ0v) is 9.20. The standard InChI is InChI=1S/C12H10FNO3/c1-2-17-12(16)5-9-3-8(7-15)4-11(13)10(9)6-14/h3-4,7H,2,5H2,1H3. The molecule has 0 aliphatic rings. The molecule has 0 saturated carbocycles. The number of carbonyl (C=O) groups excluding carboxylic acids is 2. The van der Waals surface area contributed by atoms with Gasteiger partial charge in [0.05, 0.1) is 18.6 Å². The van der Waals surface area contributed by atoms with Gasteiger partial charge in [0.1, 0.15) is 18.2 Å². The summed E-state index contributed by atoms with van der Waals surface area (Å²) in [5, 5.41) is 8.78. The van der Waals surface area contributed by atoms with Gasteiger partial charge in [-0.2, -0.15) is 5.26 Å². The summed E-state index contributed by atoms with van der Waals surface area (Å²) in [6.45, 7) is 1.85. The highest BCUT2D eigenvalue weighted by molar-refractivity contribution is 5.78. The molecule has 0 N–H and O–H groups in total. The molecule has 0 saturated heterocycles. The molecule has 0 radical (unpaired) electrons. The Morgan fingerprint density at radius 1 is 1.59 bits per heavy atom. The summed E-state index contributed by atoms with van der Waals surface area (Å²) in [6, 6.07) is 3.93. The lowest BCUT2D eigenvalue weighted by Crippen LogP contribution is -2.10. The molecule has 0 heterocycles. The van der Waals surface area contributed by atoms with Gasteiger partial charge in [-0.05, 0) is 24.6 Å². The number of carbonyl (C=O) groups is 2. The third-order valence-corrected chi connectivity index (χ3v) is 2.08. The molecule has 17 heavy (non-hydrogen) atoms. The van der Waals surface area contributed by atoms with Crippen molar-refractivity contribution < 1.29 is 18.7 Å². The van der Waals surface area contributed by atoms with E-state index in [0.717, 1.165) is 6.07 Å². The van der Waals surface area contributed by atoms with Crippen LogP contribution in [0.5, 0.6) is 0 Å². The lowest BCUT2D eigenvalue weighted by atomic mass is 10.0. The zero-order chi connectivity index (χ0) is 12.8. The number of ether oxygens (including phenoxy) is 1. The monoisotopic (exact) mass is 235 g/mol. The van der Waals surface area contributed by atoms with Crippen LogP contribution in [-0.2, 0) is 16.0 Å². The Hall–Kier alpha value is -2.22. The molecule has 0 fully saturated rings. The van der Waals surface area contributed by atoms with Crippen LogP contribution in [0, 0.1) is 17.1 Å². The molecule has 1 aromatic carbocycles. The molecular weight excluding hydrogens is 225 g/mol. The highest BCUT2D eigenvalue weighted by Crippen LogP contribution is 2.16. The smallest absolute Gasteiger partial charge is 0.310 e. The fraction of sp³-hybridized carbons (Fsp3) is 0.250. The first-order chi connectivity index (χ1) is 8.12. The first-order valence-electron chi connectivity index (χ1n) is 4.95. The van der Waals surface area contributed by atoms with Crippen molar-refractivity contribution in [3.8, 4) is 6.07 Å². The van der Waals surface area contributed by atoms with E-state index in [1.807, 2.05) is 0 Å². The van der Waals surface area contributed by atoms with Crippen molar-refractivity contribution in [2.45, 2.75) is 13.3 Å². The molecule has 0 aliphatic heterocycles. The van der Waals surface area contributed by atoms with Gasteiger partial charge in [0, 0.05) is 5.56 Å². The minimum absolute atomic E-state index is 0.0841. The van der Waals surface area contributed by atoms with Gasteiger partial charge in [0.2, 0.25) is 0 Å². The molecule has 0 unspecified atom stereocenters. The first-order valence-corrected chi connectivity index (χ1v) is 4.95. The molecule has 1 rings (SSSR count). The van der Waals surface area contributed by atoms with Gasteiger partial charge < -0.3 is 4.74 Å².